The van der Waals surface area contributed by atoms with Crippen LogP contribution >= 0.6 is 23.4 Å². The number of halogens is 1. The Morgan fingerprint density at radius 1 is 1.64 bits per heavy atom. The van der Waals surface area contributed by atoms with Gasteiger partial charge in [-0.25, -0.2) is 0 Å². The number of nitrogens with one attached hydrogen (secondary N) is 1. The highest BCUT2D eigenvalue weighted by Gasteiger charge is 2.11. The lowest BCUT2D eigenvalue weighted by Gasteiger charge is -2.12. The molecule has 0 aromatic rings. The third-order valence-electron chi connectivity index (χ3n) is 1.17. The van der Waals surface area contributed by atoms with Crippen LogP contribution in [0.1, 0.15) is 13.8 Å². The van der Waals surface area contributed by atoms with Gasteiger partial charge in [0.05, 0.1) is 0 Å². The van der Waals surface area contributed by atoms with E-state index in [0.717, 1.165) is 5.75 Å². The van der Waals surface area contributed by atoms with Crippen molar-refractivity contribution in [2.24, 2.45) is 0 Å². The minimum Gasteiger partial charge on any atom is -0.352 e. The van der Waals surface area contributed by atoms with Gasteiger partial charge in [0.1, 0.15) is 5.38 Å². The van der Waals surface area contributed by atoms with Crippen LogP contribution in [-0.2, 0) is 4.79 Å². The molecule has 1 amide bonds. The minimum absolute atomic E-state index is 0.0896. The number of amides is 1. The molecule has 0 aliphatic heterocycles. The first kappa shape index (κ1) is 11.1. The fourth-order valence-electron chi connectivity index (χ4n) is 0.649. The number of hydrogen-bond acceptors (Lipinski definition) is 2. The van der Waals surface area contributed by atoms with Crippen LogP contribution in [0.2, 0.25) is 0 Å². The first-order valence-corrected chi connectivity index (χ1v) is 5.34. The maximum atomic E-state index is 11.0. The molecule has 1 N–H and O–H groups in total. The third kappa shape index (κ3) is 5.39. The second kappa shape index (κ2) is 5.72. The Balaban J connectivity index is 3.57. The van der Waals surface area contributed by atoms with Crippen LogP contribution in [0.5, 0.6) is 0 Å². The number of carbonyl (C=O) groups excluding carboxylic acids is 1. The standard InChI is InChI=1S/C7H14ClNOS/c1-5(4-11-3)9-7(10)6(2)8/h5-6H,4H2,1-3H3,(H,9,10). The Morgan fingerprint density at radius 3 is 2.55 bits per heavy atom. The zero-order chi connectivity index (χ0) is 8.85. The molecule has 0 saturated carbocycles. The average molecular weight is 196 g/mol. The number of thioether (sulfide) groups is 1. The van der Waals surface area contributed by atoms with E-state index in [-0.39, 0.29) is 11.9 Å². The van der Waals surface area contributed by atoms with Gasteiger partial charge in [-0.05, 0) is 20.1 Å². The second-order valence-electron chi connectivity index (χ2n) is 2.48. The van der Waals surface area contributed by atoms with E-state index in [0.29, 0.717) is 0 Å². The first-order valence-electron chi connectivity index (χ1n) is 3.51. The maximum Gasteiger partial charge on any atom is 0.238 e. The van der Waals surface area contributed by atoms with Gasteiger partial charge in [0.15, 0.2) is 0 Å². The van der Waals surface area contributed by atoms with Crippen molar-refractivity contribution in [1.82, 2.24) is 5.32 Å². The summed E-state index contributed by atoms with van der Waals surface area (Å²) in [6.45, 7) is 3.64. The van der Waals surface area contributed by atoms with Gasteiger partial charge in [-0.3, -0.25) is 4.79 Å². The molecule has 4 heteroatoms. The van der Waals surface area contributed by atoms with E-state index in [9.17, 15) is 4.79 Å². The van der Waals surface area contributed by atoms with Crippen molar-refractivity contribution in [3.8, 4) is 0 Å². The monoisotopic (exact) mass is 195 g/mol. The van der Waals surface area contributed by atoms with E-state index < -0.39 is 5.38 Å². The smallest absolute Gasteiger partial charge is 0.238 e. The topological polar surface area (TPSA) is 29.1 Å². The van der Waals surface area contributed by atoms with Gasteiger partial charge < -0.3 is 5.32 Å². The molecule has 0 aromatic heterocycles. The lowest BCUT2D eigenvalue weighted by molar-refractivity contribution is -0.120. The average Bonchev–Trinajstić information content (AvgIpc) is 1.87. The van der Waals surface area contributed by atoms with Crippen molar-refractivity contribution in [3.05, 3.63) is 0 Å². The molecule has 2 atom stereocenters. The highest BCUT2D eigenvalue weighted by Crippen LogP contribution is 1.98. The van der Waals surface area contributed by atoms with Gasteiger partial charge in [0.25, 0.3) is 0 Å². The molecule has 0 spiro atoms. The third-order valence-corrected chi connectivity index (χ3v) is 2.20. The SMILES string of the molecule is CSCC(C)NC(=O)C(C)Cl. The van der Waals surface area contributed by atoms with E-state index in [1.165, 1.54) is 0 Å². The lowest BCUT2D eigenvalue weighted by atomic mass is 10.3. The zero-order valence-corrected chi connectivity index (χ0v) is 8.63. The molecule has 2 nitrogen and oxygen atoms in total. The van der Waals surface area contributed by atoms with Gasteiger partial charge >= 0.3 is 0 Å². The van der Waals surface area contributed by atoms with E-state index >= 15 is 0 Å². The summed E-state index contributed by atoms with van der Waals surface area (Å²) in [4.78, 5) is 11.0. The van der Waals surface area contributed by atoms with Crippen LogP contribution in [-0.4, -0.2) is 29.3 Å². The van der Waals surface area contributed by atoms with Crippen molar-refractivity contribution >= 4 is 29.3 Å². The highest BCUT2D eigenvalue weighted by atomic mass is 35.5. The summed E-state index contributed by atoms with van der Waals surface area (Å²) in [5.74, 6) is 0.836. The molecule has 0 heterocycles. The predicted molar refractivity (Wildman–Crippen MR) is 51.3 cm³/mol. The summed E-state index contributed by atoms with van der Waals surface area (Å²) in [5.41, 5.74) is 0. The molecule has 66 valence electrons. The maximum absolute atomic E-state index is 11.0. The summed E-state index contributed by atoms with van der Waals surface area (Å²) >= 11 is 7.26. The molecule has 0 aromatic carbocycles. The Labute approximate surface area is 77.1 Å². The summed E-state index contributed by atoms with van der Waals surface area (Å²) < 4.78 is 0. The lowest BCUT2D eigenvalue weighted by Crippen LogP contribution is -2.38. The molecular formula is C7H14ClNOS. The van der Waals surface area contributed by atoms with E-state index in [2.05, 4.69) is 5.32 Å². The molecule has 0 radical (unpaired) electrons. The fraction of sp³-hybridized carbons (Fsp3) is 0.857. The summed E-state index contributed by atoms with van der Waals surface area (Å²) in [5, 5.41) is 2.36. The fourth-order valence-corrected chi connectivity index (χ4v) is 1.30. The normalized spacial score (nSPS) is 15.6. The van der Waals surface area contributed by atoms with E-state index in [1.807, 2.05) is 13.2 Å². The van der Waals surface area contributed by atoms with Crippen molar-refractivity contribution in [1.29, 1.82) is 0 Å². The Bertz CT molecular complexity index is 130. The molecule has 0 saturated heterocycles. The predicted octanol–water partition coefficient (Wildman–Crippen LogP) is 1.48. The quantitative estimate of drug-likeness (QED) is 0.689. The number of hydrogen-bond donors (Lipinski definition) is 1. The van der Waals surface area contributed by atoms with Crippen LogP contribution in [0.15, 0.2) is 0 Å². The molecule has 0 fully saturated rings. The summed E-state index contributed by atoms with van der Waals surface area (Å²) in [6, 6.07) is 0.207. The van der Waals surface area contributed by atoms with Crippen molar-refractivity contribution in [3.63, 3.8) is 0 Å². The Hall–Kier alpha value is 0.110. The van der Waals surface area contributed by atoms with Crippen molar-refractivity contribution in [2.45, 2.75) is 25.3 Å². The van der Waals surface area contributed by atoms with Gasteiger partial charge in [0, 0.05) is 11.8 Å². The molecular weight excluding hydrogens is 182 g/mol. The minimum atomic E-state index is -0.431. The molecule has 0 aliphatic carbocycles. The van der Waals surface area contributed by atoms with Crippen LogP contribution < -0.4 is 5.32 Å². The van der Waals surface area contributed by atoms with Crippen LogP contribution in [0.4, 0.5) is 0 Å². The van der Waals surface area contributed by atoms with Crippen LogP contribution in [0.3, 0.4) is 0 Å². The number of alkyl halides is 1. The Kier molecular flexibility index (Phi) is 5.78. The second-order valence-corrected chi connectivity index (χ2v) is 4.05. The van der Waals surface area contributed by atoms with E-state index in [4.69, 9.17) is 11.6 Å². The molecule has 0 aliphatic rings. The van der Waals surface area contributed by atoms with Crippen molar-refractivity contribution in [2.75, 3.05) is 12.0 Å². The van der Waals surface area contributed by atoms with Crippen LogP contribution in [0.25, 0.3) is 0 Å². The first-order chi connectivity index (χ1) is 5.07. The summed E-state index contributed by atoms with van der Waals surface area (Å²) in [6.07, 6.45) is 2.01. The number of carbonyl (C=O) groups is 1. The summed E-state index contributed by atoms with van der Waals surface area (Å²) in [7, 11) is 0. The van der Waals surface area contributed by atoms with Gasteiger partial charge in [-0.1, -0.05) is 0 Å². The van der Waals surface area contributed by atoms with Gasteiger partial charge in [-0.2, -0.15) is 11.8 Å². The molecule has 0 rings (SSSR count). The van der Waals surface area contributed by atoms with Crippen LogP contribution in [0, 0.1) is 0 Å². The highest BCUT2D eigenvalue weighted by molar-refractivity contribution is 7.98. The van der Waals surface area contributed by atoms with Gasteiger partial charge in [0.2, 0.25) is 5.91 Å². The van der Waals surface area contributed by atoms with Gasteiger partial charge in [-0.15, -0.1) is 11.6 Å². The van der Waals surface area contributed by atoms with E-state index in [1.54, 1.807) is 18.7 Å². The zero-order valence-electron chi connectivity index (χ0n) is 7.06. The molecule has 0 bridgehead atoms. The largest absolute Gasteiger partial charge is 0.352 e. The molecule has 11 heavy (non-hydrogen) atoms. The molecule has 2 unspecified atom stereocenters. The number of rotatable bonds is 4. The van der Waals surface area contributed by atoms with Crippen molar-refractivity contribution < 1.29 is 4.79 Å². The Morgan fingerprint density at radius 2 is 2.18 bits per heavy atom.